The molecule has 0 fully saturated rings. The highest BCUT2D eigenvalue weighted by Gasteiger charge is 2.09. The van der Waals surface area contributed by atoms with Gasteiger partial charge in [-0.3, -0.25) is 4.79 Å². The highest BCUT2D eigenvalue weighted by atomic mass is 16.3. The highest BCUT2D eigenvalue weighted by molar-refractivity contribution is 5.94. The normalized spacial score (nSPS) is 12.1. The van der Waals surface area contributed by atoms with E-state index in [2.05, 4.69) is 25.9 Å². The first-order valence-corrected chi connectivity index (χ1v) is 5.46. The van der Waals surface area contributed by atoms with Crippen LogP contribution in [0.15, 0.2) is 24.3 Å². The molecular formula is C11H13N5O2. The van der Waals surface area contributed by atoms with Crippen molar-refractivity contribution >= 4 is 5.91 Å². The second-order valence-electron chi connectivity index (χ2n) is 3.87. The van der Waals surface area contributed by atoms with Crippen LogP contribution in [0.3, 0.4) is 0 Å². The summed E-state index contributed by atoms with van der Waals surface area (Å²) in [5.74, 6) is 0.252. The van der Waals surface area contributed by atoms with Crippen molar-refractivity contribution in [1.82, 2.24) is 25.9 Å². The van der Waals surface area contributed by atoms with Crippen molar-refractivity contribution in [3.63, 3.8) is 0 Å². The molecule has 94 valence electrons. The van der Waals surface area contributed by atoms with E-state index in [-0.39, 0.29) is 18.6 Å². The van der Waals surface area contributed by atoms with Gasteiger partial charge in [-0.1, -0.05) is 12.1 Å². The quantitative estimate of drug-likeness (QED) is 0.704. The fourth-order valence-electron chi connectivity index (χ4n) is 1.41. The van der Waals surface area contributed by atoms with Gasteiger partial charge in [0.15, 0.2) is 0 Å². The van der Waals surface area contributed by atoms with Crippen LogP contribution in [0.2, 0.25) is 0 Å². The molecule has 1 atom stereocenters. The first-order valence-electron chi connectivity index (χ1n) is 5.46. The van der Waals surface area contributed by atoms with Crippen molar-refractivity contribution in [2.24, 2.45) is 0 Å². The summed E-state index contributed by atoms with van der Waals surface area (Å²) in [5, 5.41) is 25.0. The third-order valence-corrected chi connectivity index (χ3v) is 2.40. The molecule has 7 heteroatoms. The minimum absolute atomic E-state index is 0.0906. The third-order valence-electron chi connectivity index (χ3n) is 2.40. The molecule has 2 aromatic rings. The highest BCUT2D eigenvalue weighted by Crippen LogP contribution is 2.13. The molecule has 1 aromatic heterocycles. The van der Waals surface area contributed by atoms with Crippen LogP contribution in [0.5, 0.6) is 0 Å². The number of nitrogens with zero attached hydrogens (tertiary/aromatic N) is 3. The number of nitrogens with one attached hydrogen (secondary N) is 2. The van der Waals surface area contributed by atoms with E-state index < -0.39 is 0 Å². The summed E-state index contributed by atoms with van der Waals surface area (Å²) in [6, 6.07) is 6.55. The van der Waals surface area contributed by atoms with Gasteiger partial charge >= 0.3 is 0 Å². The number of aromatic nitrogens is 4. The number of benzene rings is 1. The first-order chi connectivity index (χ1) is 8.70. The molecule has 0 unspecified atom stereocenters. The zero-order chi connectivity index (χ0) is 13.0. The minimum Gasteiger partial charge on any atom is -0.394 e. The van der Waals surface area contributed by atoms with Crippen molar-refractivity contribution in [3.8, 4) is 11.4 Å². The van der Waals surface area contributed by atoms with Crippen LogP contribution >= 0.6 is 0 Å². The van der Waals surface area contributed by atoms with Crippen LogP contribution < -0.4 is 5.32 Å². The average Bonchev–Trinajstić information content (AvgIpc) is 2.92. The van der Waals surface area contributed by atoms with Crippen molar-refractivity contribution in [2.45, 2.75) is 13.0 Å². The maximum atomic E-state index is 11.7. The number of aliphatic hydroxyl groups excluding tert-OH is 1. The number of tetrazole rings is 1. The number of H-pyrrole nitrogens is 1. The molecule has 0 radical (unpaired) electrons. The molecule has 0 bridgehead atoms. The Labute approximate surface area is 103 Å². The zero-order valence-corrected chi connectivity index (χ0v) is 9.79. The standard InChI is InChI=1S/C11H13N5O2/c1-7(6-17)12-11(18)9-4-2-8(3-5-9)10-13-15-16-14-10/h2-5,7,17H,6H2,1H3,(H,12,18)(H,13,14,15,16)/t7-/m0/s1. The molecule has 3 N–H and O–H groups in total. The Morgan fingerprint density at radius 2 is 2.17 bits per heavy atom. The van der Waals surface area contributed by atoms with E-state index in [0.717, 1.165) is 5.56 Å². The SMILES string of the molecule is C[C@@H](CO)NC(=O)c1ccc(-c2nn[nH]n2)cc1. The predicted octanol–water partition coefficient (Wildman–Crippen LogP) is -0.0227. The number of carbonyl (C=O) groups is 1. The lowest BCUT2D eigenvalue weighted by Gasteiger charge is -2.10. The molecule has 18 heavy (non-hydrogen) atoms. The number of aliphatic hydroxyl groups is 1. The lowest BCUT2D eigenvalue weighted by atomic mass is 10.1. The second-order valence-corrected chi connectivity index (χ2v) is 3.87. The molecule has 0 spiro atoms. The predicted molar refractivity (Wildman–Crippen MR) is 63.6 cm³/mol. The van der Waals surface area contributed by atoms with Crippen molar-refractivity contribution in [3.05, 3.63) is 29.8 Å². The summed E-state index contributed by atoms with van der Waals surface area (Å²) < 4.78 is 0. The topological polar surface area (TPSA) is 104 Å². The van der Waals surface area contributed by atoms with Crippen molar-refractivity contribution in [2.75, 3.05) is 6.61 Å². The van der Waals surface area contributed by atoms with Crippen molar-refractivity contribution in [1.29, 1.82) is 0 Å². The zero-order valence-electron chi connectivity index (χ0n) is 9.79. The minimum atomic E-state index is -0.269. The lowest BCUT2D eigenvalue weighted by molar-refractivity contribution is 0.0922. The Kier molecular flexibility index (Phi) is 3.63. The van der Waals surface area contributed by atoms with E-state index in [1.807, 2.05) is 0 Å². The number of amides is 1. The molecule has 0 saturated heterocycles. The van der Waals surface area contributed by atoms with Gasteiger partial charge in [-0.25, -0.2) is 0 Å². The molecule has 2 rings (SSSR count). The Balaban J connectivity index is 2.10. The van der Waals surface area contributed by atoms with E-state index in [9.17, 15) is 4.79 Å². The molecule has 1 amide bonds. The van der Waals surface area contributed by atoms with Crippen LogP contribution in [0, 0.1) is 0 Å². The Bertz CT molecular complexity index is 509. The van der Waals surface area contributed by atoms with Crippen LogP contribution in [-0.4, -0.2) is 44.3 Å². The molecular weight excluding hydrogens is 234 g/mol. The number of carbonyl (C=O) groups excluding carboxylic acids is 1. The van der Waals surface area contributed by atoms with Crippen molar-refractivity contribution < 1.29 is 9.90 Å². The van der Waals surface area contributed by atoms with E-state index in [0.29, 0.717) is 11.4 Å². The van der Waals surface area contributed by atoms with Gasteiger partial charge in [-0.15, -0.1) is 10.2 Å². The molecule has 1 aromatic carbocycles. The summed E-state index contributed by atoms with van der Waals surface area (Å²) in [5.41, 5.74) is 1.29. The summed E-state index contributed by atoms with van der Waals surface area (Å²) in [4.78, 5) is 11.7. The smallest absolute Gasteiger partial charge is 0.251 e. The molecule has 0 aliphatic carbocycles. The van der Waals surface area contributed by atoms with E-state index in [1.54, 1.807) is 31.2 Å². The fourth-order valence-corrected chi connectivity index (χ4v) is 1.41. The second kappa shape index (κ2) is 5.37. The first kappa shape index (κ1) is 12.2. The van der Waals surface area contributed by atoms with Gasteiger partial charge in [0.1, 0.15) is 0 Å². The molecule has 1 heterocycles. The number of hydrogen-bond acceptors (Lipinski definition) is 5. The van der Waals surface area contributed by atoms with E-state index in [4.69, 9.17) is 5.11 Å². The van der Waals surface area contributed by atoms with Gasteiger partial charge in [0.2, 0.25) is 5.82 Å². The molecule has 0 aliphatic rings. The van der Waals surface area contributed by atoms with Gasteiger partial charge in [0.05, 0.1) is 6.61 Å². The Morgan fingerprint density at radius 3 is 2.72 bits per heavy atom. The van der Waals surface area contributed by atoms with Crippen LogP contribution in [0.4, 0.5) is 0 Å². The average molecular weight is 247 g/mol. The maximum absolute atomic E-state index is 11.7. The number of aromatic amines is 1. The molecule has 0 aliphatic heterocycles. The van der Waals surface area contributed by atoms with Gasteiger partial charge in [0, 0.05) is 17.2 Å². The Hall–Kier alpha value is -2.28. The van der Waals surface area contributed by atoms with Crippen LogP contribution in [0.25, 0.3) is 11.4 Å². The van der Waals surface area contributed by atoms with Gasteiger partial charge < -0.3 is 10.4 Å². The summed E-state index contributed by atoms with van der Waals surface area (Å²) >= 11 is 0. The monoisotopic (exact) mass is 247 g/mol. The van der Waals surface area contributed by atoms with Gasteiger partial charge in [0.25, 0.3) is 5.91 Å². The van der Waals surface area contributed by atoms with Gasteiger partial charge in [-0.2, -0.15) is 5.21 Å². The van der Waals surface area contributed by atoms with E-state index in [1.165, 1.54) is 0 Å². The fraction of sp³-hybridized carbons (Fsp3) is 0.273. The van der Waals surface area contributed by atoms with Crippen LogP contribution in [0.1, 0.15) is 17.3 Å². The number of hydrogen-bond donors (Lipinski definition) is 3. The third kappa shape index (κ3) is 2.69. The maximum Gasteiger partial charge on any atom is 0.251 e. The Morgan fingerprint density at radius 1 is 1.44 bits per heavy atom. The molecule has 7 nitrogen and oxygen atoms in total. The summed E-state index contributed by atoms with van der Waals surface area (Å²) in [6.07, 6.45) is 0. The summed E-state index contributed by atoms with van der Waals surface area (Å²) in [6.45, 7) is 1.64. The molecule has 0 saturated carbocycles. The summed E-state index contributed by atoms with van der Waals surface area (Å²) in [7, 11) is 0. The lowest BCUT2D eigenvalue weighted by Crippen LogP contribution is -2.34. The number of rotatable bonds is 4. The largest absolute Gasteiger partial charge is 0.394 e. The van der Waals surface area contributed by atoms with E-state index >= 15 is 0 Å². The van der Waals surface area contributed by atoms with Crippen LogP contribution in [-0.2, 0) is 0 Å². The van der Waals surface area contributed by atoms with Gasteiger partial charge in [-0.05, 0) is 24.3 Å².